The van der Waals surface area contributed by atoms with Gasteiger partial charge in [-0.2, -0.15) is 0 Å². The summed E-state index contributed by atoms with van der Waals surface area (Å²) in [6.07, 6.45) is 6.13. The summed E-state index contributed by atoms with van der Waals surface area (Å²) in [6, 6.07) is 11.8. The Balaban J connectivity index is 1.36. The number of carbonyl (C=O) groups excluding carboxylic acids is 1. The fourth-order valence-electron chi connectivity index (χ4n) is 3.78. The van der Waals surface area contributed by atoms with E-state index in [2.05, 4.69) is 16.0 Å². The van der Waals surface area contributed by atoms with Crippen molar-refractivity contribution in [1.29, 1.82) is 0 Å². The second kappa shape index (κ2) is 5.55. The molecule has 0 N–H and O–H groups in total. The molecule has 0 saturated heterocycles. The van der Waals surface area contributed by atoms with Crippen molar-refractivity contribution in [3.8, 4) is 11.5 Å². The third-order valence-corrected chi connectivity index (χ3v) is 5.15. The molecule has 2 aliphatic rings. The fraction of sp³-hybridized carbons (Fsp3) is 0.250. The molecule has 2 atom stereocenters. The van der Waals surface area contributed by atoms with E-state index in [-0.39, 0.29) is 5.91 Å². The first-order valence-corrected chi connectivity index (χ1v) is 8.53. The number of hydrogen-bond acceptors (Lipinski definition) is 4. The van der Waals surface area contributed by atoms with Gasteiger partial charge in [0.05, 0.1) is 6.20 Å². The molecular weight excluding hydrogens is 314 g/mol. The van der Waals surface area contributed by atoms with Crippen molar-refractivity contribution in [1.82, 2.24) is 14.9 Å². The van der Waals surface area contributed by atoms with E-state index < -0.39 is 0 Å². The minimum Gasteiger partial charge on any atom is -0.445 e. The lowest BCUT2D eigenvalue weighted by atomic mass is 10.0. The summed E-state index contributed by atoms with van der Waals surface area (Å²) in [5, 5.41) is 0. The summed E-state index contributed by atoms with van der Waals surface area (Å²) < 4.78 is 5.43. The standard InChI is InChI=1S/C20H17N3O2/c24-20-15-5-3-4-14(19-22-8-9-25-19)17(15)12-23(20)11-13-10-16(13)18-6-1-2-7-21-18/h1-9,13,16H,10-12H2/t13-,16?/m0/s1. The van der Waals surface area contributed by atoms with Gasteiger partial charge in [-0.3, -0.25) is 9.78 Å². The molecule has 1 unspecified atom stereocenters. The summed E-state index contributed by atoms with van der Waals surface area (Å²) in [5.41, 5.74) is 3.84. The number of benzene rings is 1. The molecule has 1 saturated carbocycles. The van der Waals surface area contributed by atoms with Crippen molar-refractivity contribution in [3.05, 3.63) is 71.9 Å². The van der Waals surface area contributed by atoms with Gasteiger partial charge in [0, 0.05) is 42.0 Å². The van der Waals surface area contributed by atoms with E-state index in [1.165, 1.54) is 0 Å². The number of pyridine rings is 1. The third-order valence-electron chi connectivity index (χ3n) is 5.15. The Labute approximate surface area is 145 Å². The van der Waals surface area contributed by atoms with Crippen molar-refractivity contribution in [2.75, 3.05) is 6.54 Å². The highest BCUT2D eigenvalue weighted by Crippen LogP contribution is 2.47. The average Bonchev–Trinajstić information content (AvgIpc) is 3.06. The Kier molecular flexibility index (Phi) is 3.20. The topological polar surface area (TPSA) is 59.2 Å². The van der Waals surface area contributed by atoms with Crippen LogP contribution in [0.1, 0.15) is 34.0 Å². The minimum absolute atomic E-state index is 0.107. The number of oxazole rings is 1. The van der Waals surface area contributed by atoms with Gasteiger partial charge < -0.3 is 9.32 Å². The maximum atomic E-state index is 12.8. The second-order valence-corrected chi connectivity index (χ2v) is 6.71. The molecule has 0 bridgehead atoms. The van der Waals surface area contributed by atoms with Crippen LogP contribution in [0.5, 0.6) is 0 Å². The van der Waals surface area contributed by atoms with E-state index in [0.717, 1.165) is 35.3 Å². The summed E-state index contributed by atoms with van der Waals surface area (Å²) in [6.45, 7) is 1.40. The number of nitrogens with zero attached hydrogens (tertiary/aromatic N) is 3. The average molecular weight is 331 g/mol. The summed E-state index contributed by atoms with van der Waals surface area (Å²) in [5.74, 6) is 1.65. The quantitative estimate of drug-likeness (QED) is 0.734. The first-order valence-electron chi connectivity index (χ1n) is 8.53. The van der Waals surface area contributed by atoms with Crippen LogP contribution in [0.2, 0.25) is 0 Å². The molecule has 3 heterocycles. The van der Waals surface area contributed by atoms with Crippen molar-refractivity contribution < 1.29 is 9.21 Å². The van der Waals surface area contributed by atoms with Crippen LogP contribution < -0.4 is 0 Å². The molecule has 5 nitrogen and oxygen atoms in total. The lowest BCUT2D eigenvalue weighted by molar-refractivity contribution is 0.0770. The van der Waals surface area contributed by atoms with E-state index in [9.17, 15) is 4.79 Å². The zero-order valence-electron chi connectivity index (χ0n) is 13.6. The molecule has 0 radical (unpaired) electrons. The summed E-state index contributed by atoms with van der Waals surface area (Å²) in [4.78, 5) is 23.4. The highest BCUT2D eigenvalue weighted by atomic mass is 16.3. The molecule has 0 spiro atoms. The van der Waals surface area contributed by atoms with Crippen LogP contribution in [0.15, 0.2) is 59.5 Å². The van der Waals surface area contributed by atoms with Crippen molar-refractivity contribution in [2.24, 2.45) is 5.92 Å². The van der Waals surface area contributed by atoms with E-state index in [0.29, 0.717) is 24.3 Å². The third kappa shape index (κ3) is 2.43. The van der Waals surface area contributed by atoms with E-state index in [1.54, 1.807) is 12.5 Å². The molecule has 25 heavy (non-hydrogen) atoms. The number of carbonyl (C=O) groups is 1. The molecule has 3 aromatic rings. The lowest BCUT2D eigenvalue weighted by Gasteiger charge is -2.15. The summed E-state index contributed by atoms with van der Waals surface area (Å²) in [7, 11) is 0. The van der Waals surface area contributed by atoms with Crippen LogP contribution in [0.25, 0.3) is 11.5 Å². The summed E-state index contributed by atoms with van der Waals surface area (Å²) >= 11 is 0. The van der Waals surface area contributed by atoms with Crippen molar-refractivity contribution >= 4 is 5.91 Å². The molecule has 2 aromatic heterocycles. The number of fused-ring (bicyclic) bond motifs is 1. The van der Waals surface area contributed by atoms with Crippen LogP contribution in [0.4, 0.5) is 0 Å². The lowest BCUT2D eigenvalue weighted by Crippen LogP contribution is -2.26. The Bertz CT molecular complexity index is 921. The first kappa shape index (κ1) is 14.4. The zero-order valence-corrected chi connectivity index (χ0v) is 13.6. The van der Waals surface area contributed by atoms with Gasteiger partial charge in [-0.05, 0) is 42.2 Å². The monoisotopic (exact) mass is 331 g/mol. The minimum atomic E-state index is 0.107. The fourth-order valence-corrected chi connectivity index (χ4v) is 3.78. The van der Waals surface area contributed by atoms with Gasteiger partial charge in [0.1, 0.15) is 6.26 Å². The number of rotatable bonds is 4. The molecule has 5 heteroatoms. The number of amides is 1. The molecule has 1 aliphatic carbocycles. The normalized spacial score (nSPS) is 21.4. The van der Waals surface area contributed by atoms with Gasteiger partial charge in [-0.25, -0.2) is 4.98 Å². The molecule has 1 aliphatic heterocycles. The largest absolute Gasteiger partial charge is 0.445 e. The Hall–Kier alpha value is -2.95. The molecule has 124 valence electrons. The van der Waals surface area contributed by atoms with E-state index in [4.69, 9.17) is 4.42 Å². The van der Waals surface area contributed by atoms with Gasteiger partial charge in [0.25, 0.3) is 5.91 Å². The van der Waals surface area contributed by atoms with Crippen LogP contribution in [-0.2, 0) is 6.54 Å². The zero-order chi connectivity index (χ0) is 16.8. The highest BCUT2D eigenvalue weighted by Gasteiger charge is 2.42. The Morgan fingerprint density at radius 1 is 1.08 bits per heavy atom. The van der Waals surface area contributed by atoms with Crippen LogP contribution in [0.3, 0.4) is 0 Å². The van der Waals surface area contributed by atoms with Gasteiger partial charge >= 0.3 is 0 Å². The smallest absolute Gasteiger partial charge is 0.254 e. The van der Waals surface area contributed by atoms with Crippen LogP contribution >= 0.6 is 0 Å². The number of hydrogen-bond donors (Lipinski definition) is 0. The Morgan fingerprint density at radius 2 is 2.00 bits per heavy atom. The van der Waals surface area contributed by atoms with Crippen LogP contribution in [0, 0.1) is 5.92 Å². The van der Waals surface area contributed by atoms with E-state index >= 15 is 0 Å². The Morgan fingerprint density at radius 3 is 2.80 bits per heavy atom. The highest BCUT2D eigenvalue weighted by molar-refractivity contribution is 6.00. The predicted molar refractivity (Wildman–Crippen MR) is 91.8 cm³/mol. The SMILES string of the molecule is O=C1c2cccc(-c3ncco3)c2CN1C[C@@H]1CC1c1ccccn1. The molecule has 1 aromatic carbocycles. The number of aromatic nitrogens is 2. The van der Waals surface area contributed by atoms with Gasteiger partial charge in [0.15, 0.2) is 0 Å². The van der Waals surface area contributed by atoms with Gasteiger partial charge in [-0.1, -0.05) is 12.1 Å². The first-order chi connectivity index (χ1) is 12.3. The van der Waals surface area contributed by atoms with Crippen LogP contribution in [-0.4, -0.2) is 27.3 Å². The maximum Gasteiger partial charge on any atom is 0.254 e. The van der Waals surface area contributed by atoms with E-state index in [1.807, 2.05) is 41.4 Å². The van der Waals surface area contributed by atoms with Gasteiger partial charge in [-0.15, -0.1) is 0 Å². The molecular formula is C20H17N3O2. The molecule has 5 rings (SSSR count). The predicted octanol–water partition coefficient (Wildman–Crippen LogP) is 3.50. The molecule has 1 amide bonds. The van der Waals surface area contributed by atoms with Crippen molar-refractivity contribution in [3.63, 3.8) is 0 Å². The van der Waals surface area contributed by atoms with Gasteiger partial charge in [0.2, 0.25) is 5.89 Å². The second-order valence-electron chi connectivity index (χ2n) is 6.71. The van der Waals surface area contributed by atoms with Crippen molar-refractivity contribution in [2.45, 2.75) is 18.9 Å². The molecule has 1 fully saturated rings. The maximum absolute atomic E-state index is 12.8.